The van der Waals surface area contributed by atoms with Gasteiger partial charge in [-0.25, -0.2) is 13.8 Å². The molecule has 1 fully saturated rings. The normalized spacial score (nSPS) is 15.1. The van der Waals surface area contributed by atoms with Gasteiger partial charge in [0.25, 0.3) is 5.56 Å². The van der Waals surface area contributed by atoms with E-state index in [2.05, 4.69) is 4.98 Å². The number of benzene rings is 2. The van der Waals surface area contributed by atoms with Crippen LogP contribution in [0.5, 0.6) is 0 Å². The summed E-state index contributed by atoms with van der Waals surface area (Å²) in [4.78, 5) is 30.1. The minimum atomic E-state index is -1.06. The molecule has 0 N–H and O–H groups in total. The molecule has 0 spiro atoms. The molecule has 1 heterocycles. The van der Waals surface area contributed by atoms with E-state index in [4.69, 9.17) is 0 Å². The summed E-state index contributed by atoms with van der Waals surface area (Å²) >= 11 is 1.17. The molecule has 27 heavy (non-hydrogen) atoms. The van der Waals surface area contributed by atoms with Gasteiger partial charge in [-0.15, -0.1) is 0 Å². The third kappa shape index (κ3) is 3.39. The van der Waals surface area contributed by atoms with E-state index >= 15 is 0 Å². The number of nitrogens with zero attached hydrogens (tertiary/aromatic N) is 2. The molecule has 1 aliphatic rings. The van der Waals surface area contributed by atoms with Crippen molar-refractivity contribution in [3.63, 3.8) is 0 Å². The van der Waals surface area contributed by atoms with Crippen molar-refractivity contribution in [2.75, 3.05) is 0 Å². The molecule has 0 amide bonds. The SMILES string of the molecule is C[C@@H](Sc1nc2ccccc2c(=O)n1C1CC1)C(=O)c1ccc(F)c(F)c1. The molecular formula is C20H16F2N2O2S. The zero-order valence-electron chi connectivity index (χ0n) is 14.5. The van der Waals surface area contributed by atoms with Gasteiger partial charge in [0.05, 0.1) is 16.2 Å². The van der Waals surface area contributed by atoms with E-state index in [-0.39, 0.29) is 22.9 Å². The van der Waals surface area contributed by atoms with Crippen molar-refractivity contribution in [1.29, 1.82) is 0 Å². The van der Waals surface area contributed by atoms with Crippen LogP contribution in [0.25, 0.3) is 10.9 Å². The number of halogens is 2. The van der Waals surface area contributed by atoms with E-state index in [1.807, 2.05) is 0 Å². The summed E-state index contributed by atoms with van der Waals surface area (Å²) < 4.78 is 28.2. The fourth-order valence-electron chi connectivity index (χ4n) is 2.96. The quantitative estimate of drug-likeness (QED) is 0.371. The van der Waals surface area contributed by atoms with Gasteiger partial charge in [0.2, 0.25) is 0 Å². The number of aromatic nitrogens is 2. The van der Waals surface area contributed by atoms with Crippen molar-refractivity contribution in [2.45, 2.75) is 36.2 Å². The standard InChI is InChI=1S/C20H16F2N2O2S/c1-11(18(25)12-6-9-15(21)16(22)10-12)27-20-23-17-5-3-2-4-14(17)19(26)24(20)13-7-8-13/h2-6,9-11,13H,7-8H2,1H3/t11-/m1/s1. The molecule has 2 aromatic carbocycles. The second kappa shape index (κ2) is 6.88. The van der Waals surface area contributed by atoms with E-state index in [9.17, 15) is 18.4 Å². The number of hydrogen-bond donors (Lipinski definition) is 0. The van der Waals surface area contributed by atoms with E-state index in [1.54, 1.807) is 35.8 Å². The molecule has 1 saturated carbocycles. The Bertz CT molecular complexity index is 1110. The first-order valence-corrected chi connectivity index (χ1v) is 9.51. The van der Waals surface area contributed by atoms with Crippen LogP contribution < -0.4 is 5.56 Å². The number of ketones is 1. The predicted molar refractivity (Wildman–Crippen MR) is 100 cm³/mol. The van der Waals surface area contributed by atoms with Crippen molar-refractivity contribution < 1.29 is 13.6 Å². The van der Waals surface area contributed by atoms with Gasteiger partial charge in [-0.3, -0.25) is 14.2 Å². The number of Topliss-reactive ketones (excluding diaryl/α,β-unsaturated/α-hetero) is 1. The van der Waals surface area contributed by atoms with Gasteiger partial charge in [-0.2, -0.15) is 0 Å². The van der Waals surface area contributed by atoms with Crippen LogP contribution in [0.15, 0.2) is 52.4 Å². The summed E-state index contributed by atoms with van der Waals surface area (Å²) in [5.41, 5.74) is 0.558. The summed E-state index contributed by atoms with van der Waals surface area (Å²) in [7, 11) is 0. The Kier molecular flexibility index (Phi) is 4.55. The van der Waals surface area contributed by atoms with Crippen molar-refractivity contribution in [2.24, 2.45) is 0 Å². The lowest BCUT2D eigenvalue weighted by Crippen LogP contribution is -2.24. The van der Waals surface area contributed by atoms with E-state index in [0.717, 1.165) is 25.0 Å². The number of rotatable bonds is 5. The van der Waals surface area contributed by atoms with Crippen molar-refractivity contribution in [3.05, 3.63) is 70.0 Å². The molecule has 3 aromatic rings. The summed E-state index contributed by atoms with van der Waals surface area (Å²) in [6.45, 7) is 1.67. The molecule has 4 nitrogen and oxygen atoms in total. The highest BCUT2D eigenvalue weighted by molar-refractivity contribution is 8.00. The molecule has 0 radical (unpaired) electrons. The van der Waals surface area contributed by atoms with Crippen molar-refractivity contribution >= 4 is 28.4 Å². The monoisotopic (exact) mass is 386 g/mol. The molecule has 0 aliphatic heterocycles. The molecular weight excluding hydrogens is 370 g/mol. The van der Waals surface area contributed by atoms with Crippen LogP contribution in [0.2, 0.25) is 0 Å². The molecule has 1 aliphatic carbocycles. The third-order valence-corrected chi connectivity index (χ3v) is 5.61. The van der Waals surface area contributed by atoms with Gasteiger partial charge in [0, 0.05) is 11.6 Å². The first-order chi connectivity index (χ1) is 13.0. The molecule has 0 saturated heterocycles. The Morgan fingerprint density at radius 3 is 2.63 bits per heavy atom. The topological polar surface area (TPSA) is 52.0 Å². The molecule has 4 rings (SSSR count). The van der Waals surface area contributed by atoms with Crippen LogP contribution in [0.3, 0.4) is 0 Å². The number of hydrogen-bond acceptors (Lipinski definition) is 4. The first-order valence-electron chi connectivity index (χ1n) is 8.63. The Balaban J connectivity index is 1.70. The smallest absolute Gasteiger partial charge is 0.262 e. The maximum absolute atomic E-state index is 13.4. The fourth-order valence-corrected chi connectivity index (χ4v) is 4.02. The van der Waals surface area contributed by atoms with Crippen LogP contribution in [-0.2, 0) is 0 Å². The average molecular weight is 386 g/mol. The largest absolute Gasteiger partial charge is 0.293 e. The fraction of sp³-hybridized carbons (Fsp3) is 0.250. The lowest BCUT2D eigenvalue weighted by molar-refractivity contribution is 0.0993. The van der Waals surface area contributed by atoms with Gasteiger partial charge < -0.3 is 0 Å². The van der Waals surface area contributed by atoms with Crippen LogP contribution in [0, 0.1) is 11.6 Å². The first kappa shape index (κ1) is 17.9. The van der Waals surface area contributed by atoms with Gasteiger partial charge >= 0.3 is 0 Å². The van der Waals surface area contributed by atoms with Crippen molar-refractivity contribution in [3.8, 4) is 0 Å². The molecule has 7 heteroatoms. The average Bonchev–Trinajstić information content (AvgIpc) is 3.48. The molecule has 1 atom stereocenters. The second-order valence-electron chi connectivity index (χ2n) is 6.57. The Labute approximate surface area is 158 Å². The molecule has 0 bridgehead atoms. The molecule has 1 aromatic heterocycles. The van der Waals surface area contributed by atoms with E-state index in [1.165, 1.54) is 17.8 Å². The number of para-hydroxylation sites is 1. The van der Waals surface area contributed by atoms with Crippen LogP contribution >= 0.6 is 11.8 Å². The summed E-state index contributed by atoms with van der Waals surface area (Å²) in [5.74, 6) is -2.40. The predicted octanol–water partition coefficient (Wildman–Crippen LogP) is 4.37. The van der Waals surface area contributed by atoms with Gasteiger partial charge in [-0.05, 0) is 50.1 Å². The highest BCUT2D eigenvalue weighted by atomic mass is 32.2. The second-order valence-corrected chi connectivity index (χ2v) is 7.88. The van der Waals surface area contributed by atoms with E-state index < -0.39 is 16.9 Å². The van der Waals surface area contributed by atoms with Gasteiger partial charge in [-0.1, -0.05) is 23.9 Å². The van der Waals surface area contributed by atoms with Gasteiger partial charge in [0.15, 0.2) is 22.6 Å². The van der Waals surface area contributed by atoms with Crippen LogP contribution in [0.1, 0.15) is 36.2 Å². The van der Waals surface area contributed by atoms with Crippen molar-refractivity contribution in [1.82, 2.24) is 9.55 Å². The third-order valence-electron chi connectivity index (χ3n) is 4.54. The molecule has 138 valence electrons. The van der Waals surface area contributed by atoms with Crippen LogP contribution in [0.4, 0.5) is 8.78 Å². The summed E-state index contributed by atoms with van der Waals surface area (Å²) in [6, 6.07) is 10.3. The summed E-state index contributed by atoms with van der Waals surface area (Å²) in [6.07, 6.45) is 1.80. The Hall–Kier alpha value is -2.54. The van der Waals surface area contributed by atoms with Gasteiger partial charge in [0.1, 0.15) is 0 Å². The minimum absolute atomic E-state index is 0.0926. The Morgan fingerprint density at radius 1 is 1.19 bits per heavy atom. The number of fused-ring (bicyclic) bond motifs is 1. The highest BCUT2D eigenvalue weighted by Gasteiger charge is 2.30. The molecule has 0 unspecified atom stereocenters. The zero-order chi connectivity index (χ0) is 19.1. The van der Waals surface area contributed by atoms with E-state index in [0.29, 0.717) is 16.1 Å². The number of carbonyl (C=O) groups excluding carboxylic acids is 1. The maximum Gasteiger partial charge on any atom is 0.262 e. The lowest BCUT2D eigenvalue weighted by Gasteiger charge is -2.15. The summed E-state index contributed by atoms with van der Waals surface area (Å²) in [5, 5.41) is 0.422. The number of thioether (sulfide) groups is 1. The van der Waals surface area contributed by atoms with Crippen LogP contribution in [-0.4, -0.2) is 20.6 Å². The maximum atomic E-state index is 13.4. The highest BCUT2D eigenvalue weighted by Crippen LogP contribution is 2.38. The number of carbonyl (C=O) groups is 1. The zero-order valence-corrected chi connectivity index (χ0v) is 15.3. The minimum Gasteiger partial charge on any atom is -0.293 e. The Morgan fingerprint density at radius 2 is 1.93 bits per heavy atom. The lowest BCUT2D eigenvalue weighted by atomic mass is 10.1.